The van der Waals surface area contributed by atoms with Crippen molar-refractivity contribution >= 4 is 18.2 Å². The van der Waals surface area contributed by atoms with Crippen molar-refractivity contribution in [1.82, 2.24) is 24.5 Å². The summed E-state index contributed by atoms with van der Waals surface area (Å²) >= 11 is 0. The van der Waals surface area contributed by atoms with E-state index in [1.807, 2.05) is 0 Å². The van der Waals surface area contributed by atoms with Crippen molar-refractivity contribution < 1.29 is 22.0 Å². The average molecular weight is 469 g/mol. The number of nitrogen functional groups attached to an aromatic ring is 1. The lowest BCUT2D eigenvalue weighted by Gasteiger charge is -2.10. The molecule has 4 rings (SSSR count). The van der Waals surface area contributed by atoms with Crippen LogP contribution in [-0.2, 0) is 6.18 Å². The number of pyridine rings is 1. The van der Waals surface area contributed by atoms with E-state index in [2.05, 4.69) is 19.9 Å². The van der Waals surface area contributed by atoms with Gasteiger partial charge in [0.1, 0.15) is 17.8 Å². The zero-order valence-corrected chi connectivity index (χ0v) is 16.8. The molecule has 0 fully saturated rings. The van der Waals surface area contributed by atoms with Crippen LogP contribution >= 0.6 is 12.4 Å². The molecule has 0 spiro atoms. The summed E-state index contributed by atoms with van der Waals surface area (Å²) in [5.41, 5.74) is 5.56. The Balaban J connectivity index is 0.00000289. The Labute approximate surface area is 184 Å². The Morgan fingerprint density at radius 1 is 0.875 bits per heavy atom. The molecule has 3 heterocycles. The second-order valence-corrected chi connectivity index (χ2v) is 6.49. The Kier molecular flexibility index (Phi) is 6.40. The molecule has 0 aliphatic carbocycles. The molecule has 12 heteroatoms. The van der Waals surface area contributed by atoms with Gasteiger partial charge in [0.15, 0.2) is 0 Å². The summed E-state index contributed by atoms with van der Waals surface area (Å²) in [6.07, 6.45) is -3.04. The van der Waals surface area contributed by atoms with Crippen molar-refractivity contribution in [2.24, 2.45) is 0 Å². The van der Waals surface area contributed by atoms with Gasteiger partial charge in [-0.25, -0.2) is 28.7 Å². The van der Waals surface area contributed by atoms with E-state index < -0.39 is 23.9 Å². The molecule has 0 aliphatic heterocycles. The number of nitrogens with zero attached hydrogens (tertiary/aromatic N) is 5. The lowest BCUT2D eigenvalue weighted by molar-refractivity contribution is -0.137. The number of alkyl halides is 5. The van der Waals surface area contributed by atoms with Crippen LogP contribution in [0.4, 0.5) is 27.8 Å². The maximum atomic E-state index is 13.4. The van der Waals surface area contributed by atoms with Crippen LogP contribution in [0.25, 0.3) is 28.5 Å². The first-order chi connectivity index (χ1) is 14.7. The quantitative estimate of drug-likeness (QED) is 0.408. The smallest absolute Gasteiger partial charge is 0.384 e. The SMILES string of the molecule is Cl.Nc1ccc(-c2cn(-c3nc(-c4ccc(C(F)(F)F)cc4)cc(C(F)F)n3)cn2)cn1. The molecule has 4 aromatic rings. The fourth-order valence-electron chi connectivity index (χ4n) is 2.80. The highest BCUT2D eigenvalue weighted by molar-refractivity contribution is 5.85. The van der Waals surface area contributed by atoms with Gasteiger partial charge < -0.3 is 5.73 Å². The first kappa shape index (κ1) is 23.1. The zero-order valence-electron chi connectivity index (χ0n) is 16.0. The summed E-state index contributed by atoms with van der Waals surface area (Å²) in [6, 6.07) is 8.39. The maximum Gasteiger partial charge on any atom is 0.416 e. The molecule has 0 saturated carbocycles. The molecule has 1 aromatic carbocycles. The van der Waals surface area contributed by atoms with Gasteiger partial charge in [-0.2, -0.15) is 13.2 Å². The third-order valence-corrected chi connectivity index (χ3v) is 4.36. The van der Waals surface area contributed by atoms with Crippen LogP contribution in [0.3, 0.4) is 0 Å². The van der Waals surface area contributed by atoms with Crippen LogP contribution in [0.1, 0.15) is 17.7 Å². The Morgan fingerprint density at radius 3 is 2.16 bits per heavy atom. The summed E-state index contributed by atoms with van der Waals surface area (Å²) < 4.78 is 66.5. The minimum absolute atomic E-state index is 0. The van der Waals surface area contributed by atoms with E-state index in [1.54, 1.807) is 12.1 Å². The molecule has 2 N–H and O–H groups in total. The van der Waals surface area contributed by atoms with E-state index in [0.29, 0.717) is 17.1 Å². The summed E-state index contributed by atoms with van der Waals surface area (Å²) in [4.78, 5) is 16.3. The van der Waals surface area contributed by atoms with Crippen LogP contribution in [0.5, 0.6) is 0 Å². The third kappa shape index (κ3) is 4.83. The number of rotatable bonds is 4. The van der Waals surface area contributed by atoms with Crippen molar-refractivity contribution in [3.05, 3.63) is 72.4 Å². The molecule has 0 atom stereocenters. The fourth-order valence-corrected chi connectivity index (χ4v) is 2.80. The van der Waals surface area contributed by atoms with Crippen LogP contribution in [0.2, 0.25) is 0 Å². The number of imidazole rings is 1. The van der Waals surface area contributed by atoms with E-state index in [-0.39, 0.29) is 29.6 Å². The maximum absolute atomic E-state index is 13.4. The molecule has 0 bridgehead atoms. The van der Waals surface area contributed by atoms with Gasteiger partial charge in [0, 0.05) is 23.5 Å². The lowest BCUT2D eigenvalue weighted by Crippen LogP contribution is -2.05. The van der Waals surface area contributed by atoms with Gasteiger partial charge in [-0.05, 0) is 30.3 Å². The number of hydrogen-bond acceptors (Lipinski definition) is 5. The molecule has 3 aromatic heterocycles. The molecule has 32 heavy (non-hydrogen) atoms. The van der Waals surface area contributed by atoms with Gasteiger partial charge >= 0.3 is 6.18 Å². The van der Waals surface area contributed by atoms with Gasteiger partial charge in [0.25, 0.3) is 6.43 Å². The number of aromatic nitrogens is 5. The number of halogens is 6. The van der Waals surface area contributed by atoms with Crippen molar-refractivity contribution in [3.63, 3.8) is 0 Å². The molecule has 0 amide bonds. The first-order valence-electron chi connectivity index (χ1n) is 8.82. The average Bonchev–Trinajstić information content (AvgIpc) is 3.24. The van der Waals surface area contributed by atoms with E-state index in [0.717, 1.165) is 18.2 Å². The fraction of sp³-hybridized carbons (Fsp3) is 0.100. The number of hydrogen-bond donors (Lipinski definition) is 1. The molecule has 0 unspecified atom stereocenters. The van der Waals surface area contributed by atoms with E-state index in [1.165, 1.54) is 35.4 Å². The van der Waals surface area contributed by atoms with Gasteiger partial charge in [0.05, 0.1) is 17.0 Å². The van der Waals surface area contributed by atoms with Crippen LogP contribution in [0.15, 0.2) is 61.2 Å². The summed E-state index contributed by atoms with van der Waals surface area (Å²) in [5.74, 6) is 0.229. The van der Waals surface area contributed by atoms with Crippen LogP contribution in [-0.4, -0.2) is 24.5 Å². The normalized spacial score (nSPS) is 11.4. The van der Waals surface area contributed by atoms with E-state index >= 15 is 0 Å². The predicted octanol–water partition coefficient (Wildman–Crippen LogP) is 5.35. The third-order valence-electron chi connectivity index (χ3n) is 4.36. The molecule has 0 radical (unpaired) electrons. The van der Waals surface area contributed by atoms with Gasteiger partial charge in [-0.15, -0.1) is 12.4 Å². The van der Waals surface area contributed by atoms with Gasteiger partial charge in [-0.3, -0.25) is 4.57 Å². The second-order valence-electron chi connectivity index (χ2n) is 6.49. The Bertz CT molecular complexity index is 1210. The van der Waals surface area contributed by atoms with Gasteiger partial charge in [0.2, 0.25) is 5.95 Å². The highest BCUT2D eigenvalue weighted by atomic mass is 35.5. The van der Waals surface area contributed by atoms with Crippen molar-refractivity contribution in [1.29, 1.82) is 0 Å². The molecule has 0 saturated heterocycles. The highest BCUT2D eigenvalue weighted by Crippen LogP contribution is 2.31. The zero-order chi connectivity index (χ0) is 22.2. The van der Waals surface area contributed by atoms with E-state index in [4.69, 9.17) is 5.73 Å². The van der Waals surface area contributed by atoms with E-state index in [9.17, 15) is 22.0 Å². The summed E-state index contributed by atoms with van der Waals surface area (Å²) in [6.45, 7) is 0. The lowest BCUT2D eigenvalue weighted by atomic mass is 10.1. The van der Waals surface area contributed by atoms with Crippen molar-refractivity contribution in [3.8, 4) is 28.5 Å². The number of nitrogens with two attached hydrogens (primary N) is 1. The second kappa shape index (κ2) is 8.87. The standard InChI is InChI=1S/C20H13F5N6.ClH/c21-18(22)15-7-14(11-1-4-13(5-2-11)20(23,24)25)29-19(30-15)31-9-16(28-10-31)12-3-6-17(26)27-8-12;/h1-10,18H,(H2,26,27);1H. The Hall–Kier alpha value is -3.60. The van der Waals surface area contributed by atoms with Gasteiger partial charge in [-0.1, -0.05) is 12.1 Å². The Morgan fingerprint density at radius 2 is 1.56 bits per heavy atom. The predicted molar refractivity (Wildman–Crippen MR) is 109 cm³/mol. The summed E-state index contributed by atoms with van der Waals surface area (Å²) in [5, 5.41) is 0. The minimum Gasteiger partial charge on any atom is -0.384 e. The molecular formula is C20H14ClF5N6. The minimum atomic E-state index is -4.51. The highest BCUT2D eigenvalue weighted by Gasteiger charge is 2.30. The number of benzene rings is 1. The molecule has 0 aliphatic rings. The summed E-state index contributed by atoms with van der Waals surface area (Å²) in [7, 11) is 0. The van der Waals surface area contributed by atoms with Crippen molar-refractivity contribution in [2.75, 3.05) is 5.73 Å². The number of anilines is 1. The van der Waals surface area contributed by atoms with Crippen LogP contribution < -0.4 is 5.73 Å². The largest absolute Gasteiger partial charge is 0.416 e. The molecule has 166 valence electrons. The van der Waals surface area contributed by atoms with Crippen LogP contribution in [0, 0.1) is 0 Å². The first-order valence-corrected chi connectivity index (χ1v) is 8.82. The molecular weight excluding hydrogens is 455 g/mol. The topological polar surface area (TPSA) is 82.5 Å². The van der Waals surface area contributed by atoms with Crippen molar-refractivity contribution in [2.45, 2.75) is 12.6 Å². The monoisotopic (exact) mass is 468 g/mol. The molecule has 6 nitrogen and oxygen atoms in total.